The second kappa shape index (κ2) is 5.57. The van der Waals surface area contributed by atoms with Crippen molar-refractivity contribution in [3.05, 3.63) is 0 Å². The van der Waals surface area contributed by atoms with Crippen LogP contribution in [0.1, 0.15) is 19.3 Å². The number of hydrogen-bond donors (Lipinski definition) is 3. The second-order valence-electron chi connectivity index (χ2n) is 5.92. The Morgan fingerprint density at radius 2 is 2.38 bits per heavy atom. The summed E-state index contributed by atoms with van der Waals surface area (Å²) in [4.78, 5) is 14.2. The van der Waals surface area contributed by atoms with Crippen LogP contribution in [-0.2, 0) is 11.3 Å². The van der Waals surface area contributed by atoms with Crippen LogP contribution in [0.4, 0.5) is 5.95 Å². The fraction of sp³-hybridized carbons (Fsp3) is 0.833. The summed E-state index contributed by atoms with van der Waals surface area (Å²) < 4.78 is 1.30. The van der Waals surface area contributed by atoms with E-state index in [9.17, 15) is 9.90 Å². The van der Waals surface area contributed by atoms with Gasteiger partial charge >= 0.3 is 0 Å². The molecule has 3 heterocycles. The molecule has 1 amide bonds. The third-order valence-electron chi connectivity index (χ3n) is 4.78. The molecule has 3 rings (SSSR count). The first kappa shape index (κ1) is 14.2. The summed E-state index contributed by atoms with van der Waals surface area (Å²) in [5.41, 5.74) is 5.50. The fourth-order valence-corrected chi connectivity index (χ4v) is 3.38. The number of piperidine rings is 2. The van der Waals surface area contributed by atoms with Crippen LogP contribution < -0.4 is 11.1 Å². The summed E-state index contributed by atoms with van der Waals surface area (Å²) in [5, 5.41) is 23.9. The van der Waals surface area contributed by atoms with Crippen molar-refractivity contribution in [2.45, 2.75) is 31.8 Å². The number of rotatable bonds is 3. The predicted molar refractivity (Wildman–Crippen MR) is 74.0 cm³/mol. The van der Waals surface area contributed by atoms with Crippen molar-refractivity contribution in [2.75, 3.05) is 32.0 Å². The molecule has 2 saturated heterocycles. The maximum absolute atomic E-state index is 12.3. The van der Waals surface area contributed by atoms with E-state index in [0.717, 1.165) is 25.8 Å². The van der Waals surface area contributed by atoms with Crippen LogP contribution in [0.3, 0.4) is 0 Å². The second-order valence-corrected chi connectivity index (χ2v) is 5.92. The van der Waals surface area contributed by atoms with E-state index in [-0.39, 0.29) is 36.5 Å². The number of aliphatic hydroxyl groups is 1. The summed E-state index contributed by atoms with van der Waals surface area (Å²) in [6.07, 6.45) is 2.91. The number of carbonyl (C=O) groups is 1. The molecule has 0 aliphatic carbocycles. The highest BCUT2D eigenvalue weighted by molar-refractivity contribution is 5.76. The van der Waals surface area contributed by atoms with Gasteiger partial charge in [-0.2, -0.15) is 0 Å². The Morgan fingerprint density at radius 1 is 1.52 bits per heavy atom. The molecule has 2 aliphatic rings. The molecular weight excluding hydrogens is 274 g/mol. The number of likely N-dealkylation sites (tertiary alicyclic amines) is 1. The highest BCUT2D eigenvalue weighted by atomic mass is 16.3. The molecule has 2 atom stereocenters. The Kier molecular flexibility index (Phi) is 3.77. The third kappa shape index (κ3) is 2.58. The van der Waals surface area contributed by atoms with Gasteiger partial charge in [-0.25, -0.2) is 4.68 Å². The number of aromatic nitrogens is 4. The van der Waals surface area contributed by atoms with Crippen LogP contribution in [0, 0.1) is 5.41 Å². The van der Waals surface area contributed by atoms with Crippen molar-refractivity contribution in [3.8, 4) is 0 Å². The van der Waals surface area contributed by atoms with Gasteiger partial charge in [0, 0.05) is 24.5 Å². The lowest BCUT2D eigenvalue weighted by Crippen LogP contribution is -2.62. The van der Waals surface area contributed by atoms with E-state index in [0.29, 0.717) is 13.1 Å². The number of tetrazole rings is 1. The predicted octanol–water partition coefficient (Wildman–Crippen LogP) is -1.78. The Morgan fingerprint density at radius 3 is 3.10 bits per heavy atom. The van der Waals surface area contributed by atoms with E-state index in [1.807, 2.05) is 0 Å². The first-order valence-electron chi connectivity index (χ1n) is 7.28. The smallest absolute Gasteiger partial charge is 0.244 e. The number of nitrogen functional groups attached to an aromatic ring is 1. The molecule has 9 heteroatoms. The van der Waals surface area contributed by atoms with Crippen molar-refractivity contribution in [3.63, 3.8) is 0 Å². The monoisotopic (exact) mass is 295 g/mol. The molecule has 2 aliphatic heterocycles. The van der Waals surface area contributed by atoms with E-state index in [1.54, 1.807) is 4.90 Å². The van der Waals surface area contributed by atoms with Gasteiger partial charge in [-0.3, -0.25) is 4.79 Å². The number of aliphatic hydroxyl groups excluding tert-OH is 1. The number of hydrogen-bond acceptors (Lipinski definition) is 7. The zero-order valence-corrected chi connectivity index (χ0v) is 11.9. The average Bonchev–Trinajstić information content (AvgIpc) is 2.91. The van der Waals surface area contributed by atoms with Crippen LogP contribution >= 0.6 is 0 Å². The number of nitrogens with two attached hydrogens (primary N) is 1. The Bertz CT molecular complexity index is 519. The molecule has 0 unspecified atom stereocenters. The zero-order valence-electron chi connectivity index (χ0n) is 11.9. The van der Waals surface area contributed by atoms with Crippen LogP contribution in [0.5, 0.6) is 0 Å². The van der Waals surface area contributed by atoms with Gasteiger partial charge in [0.05, 0.1) is 6.61 Å². The van der Waals surface area contributed by atoms with Crippen molar-refractivity contribution in [1.82, 2.24) is 30.4 Å². The molecule has 9 nitrogen and oxygen atoms in total. The summed E-state index contributed by atoms with van der Waals surface area (Å²) in [6, 6.07) is 0.153. The van der Waals surface area contributed by atoms with E-state index in [2.05, 4.69) is 20.8 Å². The number of carbonyl (C=O) groups excluding carboxylic acids is 1. The van der Waals surface area contributed by atoms with E-state index in [1.165, 1.54) is 4.68 Å². The zero-order chi connectivity index (χ0) is 14.9. The molecular formula is C12H21N7O2. The Balaban J connectivity index is 1.65. The fourth-order valence-electron chi connectivity index (χ4n) is 3.38. The van der Waals surface area contributed by atoms with E-state index in [4.69, 9.17) is 5.73 Å². The highest BCUT2D eigenvalue weighted by Gasteiger charge is 2.44. The summed E-state index contributed by atoms with van der Waals surface area (Å²) in [7, 11) is 0. The SMILES string of the molecule is Nc1nnnn1CC(=O)N1CC[C@@]2(CO)CCCN[C@@H]2C1. The molecule has 0 saturated carbocycles. The lowest BCUT2D eigenvalue weighted by atomic mass is 9.70. The molecule has 0 aromatic carbocycles. The normalized spacial score (nSPS) is 29.2. The first-order chi connectivity index (χ1) is 10.1. The van der Waals surface area contributed by atoms with Gasteiger partial charge in [-0.15, -0.1) is 0 Å². The molecule has 2 fully saturated rings. The summed E-state index contributed by atoms with van der Waals surface area (Å²) in [6.45, 7) is 2.43. The van der Waals surface area contributed by atoms with Gasteiger partial charge in [-0.1, -0.05) is 5.10 Å². The molecule has 1 aromatic rings. The maximum Gasteiger partial charge on any atom is 0.244 e. The number of fused-ring (bicyclic) bond motifs is 1. The summed E-state index contributed by atoms with van der Waals surface area (Å²) in [5.74, 6) is 0.0915. The molecule has 116 valence electrons. The maximum atomic E-state index is 12.3. The Hall–Kier alpha value is -1.74. The third-order valence-corrected chi connectivity index (χ3v) is 4.78. The van der Waals surface area contributed by atoms with E-state index < -0.39 is 0 Å². The number of nitrogens with zero attached hydrogens (tertiary/aromatic N) is 5. The first-order valence-corrected chi connectivity index (χ1v) is 7.28. The minimum absolute atomic E-state index is 0.0482. The standard InChI is InChI=1S/C12H21N7O2/c13-11-15-16-17-19(11)7-10(21)18-5-3-12(8-20)2-1-4-14-9(12)6-18/h9,14,20H,1-8H2,(H2,13,15,17)/t9-,12-/m1/s1. The van der Waals surface area contributed by atoms with Gasteiger partial charge in [0.15, 0.2) is 0 Å². The molecule has 0 radical (unpaired) electrons. The molecule has 1 aromatic heterocycles. The largest absolute Gasteiger partial charge is 0.396 e. The van der Waals surface area contributed by atoms with Crippen LogP contribution in [-0.4, -0.2) is 68.4 Å². The summed E-state index contributed by atoms with van der Waals surface area (Å²) >= 11 is 0. The van der Waals surface area contributed by atoms with E-state index >= 15 is 0 Å². The van der Waals surface area contributed by atoms with Crippen LogP contribution in [0.25, 0.3) is 0 Å². The number of anilines is 1. The molecule has 0 spiro atoms. The topological polar surface area (TPSA) is 122 Å². The number of nitrogens with one attached hydrogen (secondary N) is 1. The van der Waals surface area contributed by atoms with Crippen molar-refractivity contribution >= 4 is 11.9 Å². The van der Waals surface area contributed by atoms with Gasteiger partial charge < -0.3 is 21.1 Å². The van der Waals surface area contributed by atoms with Crippen LogP contribution in [0.2, 0.25) is 0 Å². The van der Waals surface area contributed by atoms with Gasteiger partial charge in [-0.05, 0) is 36.2 Å². The van der Waals surface area contributed by atoms with Crippen molar-refractivity contribution < 1.29 is 9.90 Å². The van der Waals surface area contributed by atoms with Crippen LogP contribution in [0.15, 0.2) is 0 Å². The lowest BCUT2D eigenvalue weighted by molar-refractivity contribution is -0.137. The minimum atomic E-state index is -0.0805. The molecule has 4 N–H and O–H groups in total. The molecule has 21 heavy (non-hydrogen) atoms. The average molecular weight is 295 g/mol. The van der Waals surface area contributed by atoms with Gasteiger partial charge in [0.25, 0.3) is 0 Å². The Labute approximate surface area is 122 Å². The van der Waals surface area contributed by atoms with Crippen molar-refractivity contribution in [2.24, 2.45) is 5.41 Å². The van der Waals surface area contributed by atoms with Gasteiger partial charge in [0.1, 0.15) is 6.54 Å². The lowest BCUT2D eigenvalue weighted by Gasteiger charge is -2.50. The van der Waals surface area contributed by atoms with Crippen molar-refractivity contribution in [1.29, 1.82) is 0 Å². The highest BCUT2D eigenvalue weighted by Crippen LogP contribution is 2.38. The quantitative estimate of drug-likeness (QED) is 0.602. The minimum Gasteiger partial charge on any atom is -0.396 e. The van der Waals surface area contributed by atoms with Gasteiger partial charge in [0.2, 0.25) is 11.9 Å². The number of amides is 1. The molecule has 0 bridgehead atoms.